The topological polar surface area (TPSA) is 74.2 Å². The van der Waals surface area contributed by atoms with E-state index in [-0.39, 0.29) is 18.2 Å². The van der Waals surface area contributed by atoms with Crippen LogP contribution in [0.15, 0.2) is 5.16 Å². The molecule has 0 aliphatic carbocycles. The van der Waals surface area contributed by atoms with Gasteiger partial charge in [-0.15, -0.1) is 0 Å². The normalized spacial score (nSPS) is 24.7. The first-order valence-corrected chi connectivity index (χ1v) is 7.99. The van der Waals surface area contributed by atoms with Gasteiger partial charge in [-0.25, -0.2) is 4.79 Å². The number of cyclic esters (lactones) is 1. The summed E-state index contributed by atoms with van der Waals surface area (Å²) in [5.41, 5.74) is -0.152. The molecule has 2 atom stereocenters. The molecule has 124 valence electrons. The molecule has 0 aromatic carbocycles. The molecule has 2 heterocycles. The molecule has 6 heteroatoms. The highest BCUT2D eigenvalue weighted by Gasteiger charge is 2.29. The van der Waals surface area contributed by atoms with Gasteiger partial charge in [0.25, 0.3) is 0 Å². The Bertz CT molecular complexity index is 452. The van der Waals surface area contributed by atoms with Crippen LogP contribution >= 0.6 is 0 Å². The molecule has 1 fully saturated rings. The van der Waals surface area contributed by atoms with Crippen molar-refractivity contribution >= 4 is 17.7 Å². The monoisotopic (exact) mass is 311 g/mol. The third-order valence-electron chi connectivity index (χ3n) is 3.64. The number of carbonyl (C=O) groups excluding carboxylic acids is 2. The molecule has 22 heavy (non-hydrogen) atoms. The molecule has 0 aromatic rings. The van der Waals surface area contributed by atoms with E-state index in [1.165, 1.54) is 0 Å². The second kappa shape index (κ2) is 7.11. The van der Waals surface area contributed by atoms with E-state index in [1.807, 2.05) is 20.8 Å². The fourth-order valence-electron chi connectivity index (χ4n) is 2.57. The van der Waals surface area contributed by atoms with Crippen LogP contribution in [0.3, 0.4) is 0 Å². The van der Waals surface area contributed by atoms with Gasteiger partial charge in [-0.2, -0.15) is 0 Å². The Morgan fingerprint density at radius 1 is 1.27 bits per heavy atom. The highest BCUT2D eigenvalue weighted by molar-refractivity contribution is 6.36. The molecular weight excluding hydrogens is 286 g/mol. The van der Waals surface area contributed by atoms with E-state index in [9.17, 15) is 9.59 Å². The zero-order valence-corrected chi connectivity index (χ0v) is 13.6. The van der Waals surface area contributed by atoms with Gasteiger partial charge in [-0.05, 0) is 52.9 Å². The van der Waals surface area contributed by atoms with Crippen LogP contribution in [-0.4, -0.2) is 35.5 Å². The van der Waals surface area contributed by atoms with Crippen molar-refractivity contribution in [2.75, 3.05) is 0 Å². The molecule has 0 bridgehead atoms. The van der Waals surface area contributed by atoms with Crippen LogP contribution in [0.1, 0.15) is 65.7 Å². The number of hydrogen-bond donors (Lipinski definition) is 0. The average Bonchev–Trinajstić information content (AvgIpc) is 3.02. The number of oxime groups is 1. The van der Waals surface area contributed by atoms with E-state index >= 15 is 0 Å². The minimum Gasteiger partial charge on any atom is -0.462 e. The summed E-state index contributed by atoms with van der Waals surface area (Å²) in [6.07, 6.45) is 5.63. The molecule has 2 rings (SSSR count). The van der Waals surface area contributed by atoms with Gasteiger partial charge >= 0.3 is 11.9 Å². The summed E-state index contributed by atoms with van der Waals surface area (Å²) >= 11 is 0. The van der Waals surface area contributed by atoms with Crippen molar-refractivity contribution in [2.45, 2.75) is 83.5 Å². The summed E-state index contributed by atoms with van der Waals surface area (Å²) in [5.74, 6) is -0.479. The molecule has 2 aliphatic heterocycles. The maximum atomic E-state index is 11.9. The quantitative estimate of drug-likeness (QED) is 0.557. The summed E-state index contributed by atoms with van der Waals surface area (Å²) in [4.78, 5) is 28.1. The lowest BCUT2D eigenvalue weighted by Gasteiger charge is -2.18. The van der Waals surface area contributed by atoms with Gasteiger partial charge in [0.1, 0.15) is 17.8 Å². The number of carbonyl (C=O) groups is 2. The summed E-state index contributed by atoms with van der Waals surface area (Å²) in [6, 6.07) is 0. The Balaban J connectivity index is 1.59. The molecule has 2 unspecified atom stereocenters. The van der Waals surface area contributed by atoms with Crippen LogP contribution in [0.5, 0.6) is 0 Å². The molecule has 0 N–H and O–H groups in total. The average molecular weight is 311 g/mol. The van der Waals surface area contributed by atoms with Gasteiger partial charge in [0.2, 0.25) is 0 Å². The summed E-state index contributed by atoms with van der Waals surface area (Å²) in [7, 11) is 0. The molecule has 0 saturated carbocycles. The molecule has 0 aromatic heterocycles. The molecule has 0 spiro atoms. The first-order valence-electron chi connectivity index (χ1n) is 7.99. The van der Waals surface area contributed by atoms with E-state index in [0.29, 0.717) is 18.6 Å². The molecule has 2 aliphatic rings. The maximum Gasteiger partial charge on any atom is 0.356 e. The third-order valence-corrected chi connectivity index (χ3v) is 3.64. The number of rotatable bonds is 6. The fraction of sp³-hybridized carbons (Fsp3) is 0.812. The fourth-order valence-corrected chi connectivity index (χ4v) is 2.57. The predicted octanol–water partition coefficient (Wildman–Crippen LogP) is 2.74. The number of hydrogen-bond acceptors (Lipinski definition) is 6. The predicted molar refractivity (Wildman–Crippen MR) is 80.4 cm³/mol. The van der Waals surface area contributed by atoms with E-state index in [1.54, 1.807) is 0 Å². The van der Waals surface area contributed by atoms with E-state index in [2.05, 4.69) is 5.16 Å². The van der Waals surface area contributed by atoms with Gasteiger partial charge in [-0.3, -0.25) is 4.79 Å². The van der Waals surface area contributed by atoms with Crippen molar-refractivity contribution in [2.24, 2.45) is 5.16 Å². The Hall–Kier alpha value is -1.59. The first-order chi connectivity index (χ1) is 10.3. The minimum absolute atomic E-state index is 0.0475. The SMILES string of the molecule is CC(C)(C)OC(=O)C1=NOC(CCCCC2CCC(=O)O2)C1. The van der Waals surface area contributed by atoms with Crippen molar-refractivity contribution < 1.29 is 23.9 Å². The molecular formula is C16H25NO5. The molecule has 6 nitrogen and oxygen atoms in total. The standard InChI is InChI=1S/C16H25NO5/c1-16(2,3)21-15(19)13-10-12(22-17-13)7-5-4-6-11-8-9-14(18)20-11/h11-12H,4-10H2,1-3H3. The second-order valence-electron chi connectivity index (χ2n) is 6.91. The van der Waals surface area contributed by atoms with Crippen LogP contribution < -0.4 is 0 Å². The number of ether oxygens (including phenoxy) is 2. The van der Waals surface area contributed by atoms with Gasteiger partial charge in [0, 0.05) is 12.8 Å². The largest absolute Gasteiger partial charge is 0.462 e. The zero-order valence-electron chi connectivity index (χ0n) is 13.6. The van der Waals surface area contributed by atoms with E-state index in [0.717, 1.165) is 32.1 Å². The molecule has 0 amide bonds. The van der Waals surface area contributed by atoms with Crippen LogP contribution in [0.25, 0.3) is 0 Å². The van der Waals surface area contributed by atoms with Crippen molar-refractivity contribution in [3.8, 4) is 0 Å². The van der Waals surface area contributed by atoms with Gasteiger partial charge < -0.3 is 14.3 Å². The van der Waals surface area contributed by atoms with Crippen molar-refractivity contribution in [3.63, 3.8) is 0 Å². The molecule has 1 saturated heterocycles. The van der Waals surface area contributed by atoms with Crippen LogP contribution in [-0.2, 0) is 23.9 Å². The Morgan fingerprint density at radius 2 is 1.95 bits per heavy atom. The lowest BCUT2D eigenvalue weighted by molar-refractivity contribution is -0.146. The lowest BCUT2D eigenvalue weighted by Crippen LogP contribution is -2.28. The number of nitrogens with zero attached hydrogens (tertiary/aromatic N) is 1. The second-order valence-corrected chi connectivity index (χ2v) is 6.91. The lowest BCUT2D eigenvalue weighted by atomic mass is 10.0. The van der Waals surface area contributed by atoms with Gasteiger partial charge in [0.15, 0.2) is 5.71 Å². The Labute approximate surface area is 131 Å². The Morgan fingerprint density at radius 3 is 2.55 bits per heavy atom. The van der Waals surface area contributed by atoms with Crippen LogP contribution in [0, 0.1) is 0 Å². The third kappa shape index (κ3) is 5.31. The summed E-state index contributed by atoms with van der Waals surface area (Å²) in [6.45, 7) is 5.48. The summed E-state index contributed by atoms with van der Waals surface area (Å²) < 4.78 is 10.4. The molecule has 0 radical (unpaired) electrons. The summed E-state index contributed by atoms with van der Waals surface area (Å²) in [5, 5.41) is 3.84. The van der Waals surface area contributed by atoms with Gasteiger partial charge in [0.05, 0.1) is 0 Å². The number of esters is 2. The van der Waals surface area contributed by atoms with E-state index < -0.39 is 11.6 Å². The van der Waals surface area contributed by atoms with Crippen LogP contribution in [0.4, 0.5) is 0 Å². The smallest absolute Gasteiger partial charge is 0.356 e. The van der Waals surface area contributed by atoms with Gasteiger partial charge in [-0.1, -0.05) is 5.16 Å². The van der Waals surface area contributed by atoms with Crippen LogP contribution in [0.2, 0.25) is 0 Å². The van der Waals surface area contributed by atoms with Crippen molar-refractivity contribution in [1.82, 2.24) is 0 Å². The highest BCUT2D eigenvalue weighted by Crippen LogP contribution is 2.22. The maximum absolute atomic E-state index is 11.9. The first kappa shape index (κ1) is 16.8. The van der Waals surface area contributed by atoms with E-state index in [4.69, 9.17) is 14.3 Å². The Kier molecular flexibility index (Phi) is 5.42. The zero-order chi connectivity index (χ0) is 16.2. The van der Waals surface area contributed by atoms with Crippen molar-refractivity contribution in [3.05, 3.63) is 0 Å². The highest BCUT2D eigenvalue weighted by atomic mass is 16.6. The minimum atomic E-state index is -0.517. The number of unbranched alkanes of at least 4 members (excludes halogenated alkanes) is 1. The van der Waals surface area contributed by atoms with Crippen molar-refractivity contribution in [1.29, 1.82) is 0 Å².